The van der Waals surface area contributed by atoms with Crippen LogP contribution in [0.5, 0.6) is 0 Å². The van der Waals surface area contributed by atoms with Crippen LogP contribution in [0.15, 0.2) is 47.5 Å². The maximum atomic E-state index is 13.6. The van der Waals surface area contributed by atoms with Crippen molar-refractivity contribution in [3.8, 4) is 11.5 Å². The van der Waals surface area contributed by atoms with Crippen molar-refractivity contribution >= 4 is 11.4 Å². The summed E-state index contributed by atoms with van der Waals surface area (Å²) in [5.41, 5.74) is 5.33. The zero-order chi connectivity index (χ0) is 23.5. The molecular weight excluding hydrogens is 446 g/mol. The van der Waals surface area contributed by atoms with Gasteiger partial charge in [-0.05, 0) is 43.9 Å². The highest BCUT2D eigenvalue weighted by atomic mass is 16.4. The van der Waals surface area contributed by atoms with E-state index >= 15 is 0 Å². The van der Waals surface area contributed by atoms with Crippen molar-refractivity contribution < 1.29 is 9.21 Å². The van der Waals surface area contributed by atoms with Crippen molar-refractivity contribution in [2.24, 2.45) is 0 Å². The van der Waals surface area contributed by atoms with Gasteiger partial charge in [0, 0.05) is 31.1 Å². The molecule has 5 aromatic rings. The predicted molar refractivity (Wildman–Crippen MR) is 124 cm³/mol. The number of amides is 1. The SMILES string of the molecule is Cc1cccn2nc(C3c4nc[nH]c4CCN3C(=O)c3nnc(-c4cnn(C5CCC5)c4)o3)cc12. The van der Waals surface area contributed by atoms with Gasteiger partial charge < -0.3 is 14.3 Å². The first kappa shape index (κ1) is 20.1. The van der Waals surface area contributed by atoms with Crippen LogP contribution < -0.4 is 0 Å². The van der Waals surface area contributed by atoms with Crippen molar-refractivity contribution in [2.45, 2.75) is 44.7 Å². The summed E-state index contributed by atoms with van der Waals surface area (Å²) in [5, 5.41) is 17.4. The number of H-pyrrole nitrogens is 1. The Kier molecular flexibility index (Phi) is 4.38. The standard InChI is InChI=1S/C24H23N9O2/c1-14-4-3-8-32-19(14)10-18(30-32)21-20-17(25-13-26-20)7-9-31(21)24(34)23-29-28-22(35-23)15-11-27-33(12-15)16-5-2-6-16/h3-4,8,10-13,16,21H,2,5-7,9H2,1H3,(H,25,26). The van der Waals surface area contributed by atoms with Gasteiger partial charge >= 0.3 is 11.8 Å². The Morgan fingerprint density at radius 3 is 3.00 bits per heavy atom. The minimum atomic E-state index is -0.464. The Labute approximate surface area is 199 Å². The lowest BCUT2D eigenvalue weighted by Crippen LogP contribution is -2.41. The van der Waals surface area contributed by atoms with Gasteiger partial charge in [-0.3, -0.25) is 9.48 Å². The quantitative estimate of drug-likeness (QED) is 0.429. The van der Waals surface area contributed by atoms with Crippen molar-refractivity contribution in [3.05, 3.63) is 71.7 Å². The molecule has 6 heterocycles. The Hall–Kier alpha value is -4.28. The molecule has 5 aromatic heterocycles. The smallest absolute Gasteiger partial charge is 0.312 e. The van der Waals surface area contributed by atoms with Crippen LogP contribution in [0.3, 0.4) is 0 Å². The molecule has 0 saturated heterocycles. The molecular formula is C24H23N9O2. The third kappa shape index (κ3) is 3.18. The molecule has 1 N–H and O–H groups in total. The number of rotatable bonds is 4. The highest BCUT2D eigenvalue weighted by Crippen LogP contribution is 2.35. The summed E-state index contributed by atoms with van der Waals surface area (Å²) in [5.74, 6) is -0.112. The molecule has 176 valence electrons. The second kappa shape index (κ2) is 7.62. The lowest BCUT2D eigenvalue weighted by molar-refractivity contribution is 0.0646. The third-order valence-corrected chi connectivity index (χ3v) is 7.10. The van der Waals surface area contributed by atoms with E-state index in [2.05, 4.69) is 25.3 Å². The zero-order valence-electron chi connectivity index (χ0n) is 19.1. The summed E-state index contributed by atoms with van der Waals surface area (Å²) in [6.45, 7) is 2.51. The predicted octanol–water partition coefficient (Wildman–Crippen LogP) is 3.13. The Balaban J connectivity index is 1.23. The van der Waals surface area contributed by atoms with Gasteiger partial charge in [-0.15, -0.1) is 10.2 Å². The number of nitrogens with zero attached hydrogens (tertiary/aromatic N) is 8. The zero-order valence-corrected chi connectivity index (χ0v) is 19.1. The van der Waals surface area contributed by atoms with Crippen LogP contribution >= 0.6 is 0 Å². The summed E-state index contributed by atoms with van der Waals surface area (Å²) in [4.78, 5) is 23.1. The number of hydrogen-bond acceptors (Lipinski definition) is 7. The number of pyridine rings is 1. The molecule has 1 fully saturated rings. The van der Waals surface area contributed by atoms with E-state index in [1.165, 1.54) is 6.42 Å². The van der Waals surface area contributed by atoms with E-state index in [9.17, 15) is 4.79 Å². The molecule has 0 radical (unpaired) electrons. The molecule has 0 bridgehead atoms. The van der Waals surface area contributed by atoms with Gasteiger partial charge in [0.1, 0.15) is 6.04 Å². The lowest BCUT2D eigenvalue weighted by atomic mass is 9.93. The molecule has 1 aliphatic carbocycles. The Bertz CT molecular complexity index is 1550. The first-order chi connectivity index (χ1) is 17.2. The van der Waals surface area contributed by atoms with E-state index < -0.39 is 6.04 Å². The topological polar surface area (TPSA) is 123 Å². The lowest BCUT2D eigenvalue weighted by Gasteiger charge is -2.32. The number of imidazole rings is 1. The molecule has 1 aliphatic heterocycles. The van der Waals surface area contributed by atoms with E-state index in [4.69, 9.17) is 9.52 Å². The van der Waals surface area contributed by atoms with Gasteiger partial charge in [-0.25, -0.2) is 9.50 Å². The largest absolute Gasteiger partial charge is 0.412 e. The summed E-state index contributed by atoms with van der Waals surface area (Å²) in [6.07, 6.45) is 11.3. The number of carbonyl (C=O) groups excluding carboxylic acids is 1. The minimum absolute atomic E-state index is 0.0553. The van der Waals surface area contributed by atoms with Crippen LogP contribution in [0.1, 0.15) is 64.7 Å². The summed E-state index contributed by atoms with van der Waals surface area (Å²) >= 11 is 0. The molecule has 11 nitrogen and oxygen atoms in total. The van der Waals surface area contributed by atoms with Crippen LogP contribution in [0.25, 0.3) is 17.0 Å². The fraction of sp³-hybridized carbons (Fsp3) is 0.333. The second-order valence-corrected chi connectivity index (χ2v) is 9.21. The average Bonchev–Trinajstić information content (AvgIpc) is 3.62. The maximum Gasteiger partial charge on any atom is 0.312 e. The molecule has 0 spiro atoms. The van der Waals surface area contributed by atoms with Gasteiger partial charge in [0.05, 0.1) is 41.0 Å². The summed E-state index contributed by atoms with van der Waals surface area (Å²) in [6, 6.07) is 5.97. The first-order valence-electron chi connectivity index (χ1n) is 11.8. The number of aromatic nitrogens is 8. The Morgan fingerprint density at radius 1 is 1.26 bits per heavy atom. The average molecular weight is 470 g/mol. The van der Waals surface area contributed by atoms with E-state index in [1.54, 1.807) is 17.4 Å². The number of nitrogens with one attached hydrogen (secondary N) is 1. The normalized spacial score (nSPS) is 18.1. The maximum absolute atomic E-state index is 13.6. The van der Waals surface area contributed by atoms with Crippen LogP contribution in [0, 0.1) is 6.92 Å². The van der Waals surface area contributed by atoms with E-state index in [1.807, 2.05) is 46.7 Å². The van der Waals surface area contributed by atoms with Crippen LogP contribution in [0.2, 0.25) is 0 Å². The minimum Gasteiger partial charge on any atom is -0.412 e. The number of fused-ring (bicyclic) bond motifs is 2. The fourth-order valence-electron chi connectivity index (χ4n) is 4.95. The molecule has 1 amide bonds. The van der Waals surface area contributed by atoms with Crippen LogP contribution in [-0.4, -0.2) is 56.9 Å². The summed E-state index contributed by atoms with van der Waals surface area (Å²) in [7, 11) is 0. The molecule has 1 atom stereocenters. The van der Waals surface area contributed by atoms with Gasteiger partial charge in [-0.2, -0.15) is 10.2 Å². The molecule has 7 rings (SSSR count). The number of hydrogen-bond donors (Lipinski definition) is 1. The molecule has 1 unspecified atom stereocenters. The van der Waals surface area contributed by atoms with Gasteiger partial charge in [-0.1, -0.05) is 6.07 Å². The monoisotopic (exact) mass is 469 g/mol. The van der Waals surface area contributed by atoms with Gasteiger partial charge in [0.15, 0.2) is 0 Å². The van der Waals surface area contributed by atoms with E-state index in [0.29, 0.717) is 24.6 Å². The molecule has 0 aromatic carbocycles. The van der Waals surface area contributed by atoms with Crippen LogP contribution in [0.4, 0.5) is 0 Å². The van der Waals surface area contributed by atoms with E-state index in [-0.39, 0.29) is 17.7 Å². The van der Waals surface area contributed by atoms with Crippen molar-refractivity contribution in [3.63, 3.8) is 0 Å². The highest BCUT2D eigenvalue weighted by molar-refractivity contribution is 5.90. The molecule has 11 heteroatoms. The highest BCUT2D eigenvalue weighted by Gasteiger charge is 2.38. The van der Waals surface area contributed by atoms with Crippen molar-refractivity contribution in [1.82, 2.24) is 44.5 Å². The first-order valence-corrected chi connectivity index (χ1v) is 11.8. The molecule has 1 saturated carbocycles. The Morgan fingerprint density at radius 2 is 2.17 bits per heavy atom. The number of aryl methyl sites for hydroxylation is 1. The fourth-order valence-corrected chi connectivity index (χ4v) is 4.95. The summed E-state index contributed by atoms with van der Waals surface area (Å²) < 4.78 is 9.61. The number of carbonyl (C=O) groups is 1. The molecule has 2 aliphatic rings. The van der Waals surface area contributed by atoms with Crippen LogP contribution in [-0.2, 0) is 6.42 Å². The molecule has 35 heavy (non-hydrogen) atoms. The van der Waals surface area contributed by atoms with Crippen molar-refractivity contribution in [1.29, 1.82) is 0 Å². The number of aromatic amines is 1. The van der Waals surface area contributed by atoms with Gasteiger partial charge in [0.25, 0.3) is 5.89 Å². The third-order valence-electron chi connectivity index (χ3n) is 7.10. The van der Waals surface area contributed by atoms with Crippen molar-refractivity contribution in [2.75, 3.05) is 6.54 Å². The van der Waals surface area contributed by atoms with Gasteiger partial charge in [0.2, 0.25) is 0 Å². The van der Waals surface area contributed by atoms with E-state index in [0.717, 1.165) is 41.0 Å². The second-order valence-electron chi connectivity index (χ2n) is 9.21.